The topological polar surface area (TPSA) is 162 Å². The molecule has 5 N–H and O–H groups in total. The van der Waals surface area contributed by atoms with Crippen LogP contribution in [0.3, 0.4) is 0 Å². The van der Waals surface area contributed by atoms with Gasteiger partial charge in [0.05, 0.1) is 6.04 Å². The predicted molar refractivity (Wildman–Crippen MR) is 84.4 cm³/mol. The number of amides is 4. The number of carbonyl (C=O) groups excluding carboxylic acids is 3. The summed E-state index contributed by atoms with van der Waals surface area (Å²) in [4.78, 5) is 34.9. The average molecular weight is 369 g/mol. The molecule has 0 aromatic heterocycles. The van der Waals surface area contributed by atoms with E-state index in [0.29, 0.717) is 22.0 Å². The van der Waals surface area contributed by atoms with Gasteiger partial charge in [-0.15, -0.1) is 0 Å². The Morgan fingerprint density at radius 3 is 2.44 bits per heavy atom. The average Bonchev–Trinajstić information content (AvgIpc) is 2.83. The monoisotopic (exact) mass is 369 g/mol. The number of carbonyl (C=O) groups is 3. The summed E-state index contributed by atoms with van der Waals surface area (Å²) in [7, 11) is -4.59. The van der Waals surface area contributed by atoms with Crippen molar-refractivity contribution in [2.75, 3.05) is 11.9 Å². The molecule has 2 saturated heterocycles. The molecule has 0 aliphatic carbocycles. The molecule has 0 spiro atoms. The minimum absolute atomic E-state index is 0.251. The number of fused-ring (bicyclic) bond motifs is 1. The first-order chi connectivity index (χ1) is 11.7. The van der Waals surface area contributed by atoms with Crippen LogP contribution < -0.4 is 16.5 Å². The van der Waals surface area contributed by atoms with Crippen LogP contribution in [0.1, 0.15) is 16.8 Å². The molecule has 2 heterocycles. The van der Waals surface area contributed by atoms with E-state index in [2.05, 4.69) is 10.7 Å². The summed E-state index contributed by atoms with van der Waals surface area (Å²) in [5, 5.41) is 3.84. The lowest BCUT2D eigenvalue weighted by molar-refractivity contribution is -0.145. The van der Waals surface area contributed by atoms with E-state index in [1.54, 1.807) is 0 Å². The summed E-state index contributed by atoms with van der Waals surface area (Å²) in [5.41, 5.74) is 8.28. The van der Waals surface area contributed by atoms with Crippen LogP contribution in [0.25, 0.3) is 0 Å². The van der Waals surface area contributed by atoms with Crippen LogP contribution in [0, 0.1) is 0 Å². The Balaban J connectivity index is 1.59. The van der Waals surface area contributed by atoms with Crippen molar-refractivity contribution in [2.45, 2.75) is 18.5 Å². The van der Waals surface area contributed by atoms with Gasteiger partial charge >= 0.3 is 16.3 Å². The van der Waals surface area contributed by atoms with Crippen molar-refractivity contribution in [2.24, 2.45) is 5.73 Å². The van der Waals surface area contributed by atoms with E-state index >= 15 is 0 Å². The van der Waals surface area contributed by atoms with E-state index in [1.807, 2.05) is 0 Å². The predicted octanol–water partition coefficient (Wildman–Crippen LogP) is -1.09. The third kappa shape index (κ3) is 3.14. The van der Waals surface area contributed by atoms with Crippen molar-refractivity contribution in [3.63, 3.8) is 0 Å². The zero-order chi connectivity index (χ0) is 18.4. The molecule has 12 heteroatoms. The van der Waals surface area contributed by atoms with Gasteiger partial charge in [-0.3, -0.25) is 19.6 Å². The van der Waals surface area contributed by atoms with E-state index in [4.69, 9.17) is 10.3 Å². The first kappa shape index (κ1) is 17.1. The fourth-order valence-electron chi connectivity index (χ4n) is 2.95. The molecule has 25 heavy (non-hydrogen) atoms. The zero-order valence-corrected chi connectivity index (χ0v) is 13.6. The fraction of sp³-hybridized carbons (Fsp3) is 0.308. The molecule has 1 aromatic carbocycles. The van der Waals surface area contributed by atoms with Crippen LogP contribution in [0.15, 0.2) is 24.3 Å². The second-order valence-corrected chi connectivity index (χ2v) is 6.90. The van der Waals surface area contributed by atoms with Gasteiger partial charge in [-0.1, -0.05) is 0 Å². The summed E-state index contributed by atoms with van der Waals surface area (Å²) >= 11 is 0. The van der Waals surface area contributed by atoms with E-state index in [0.717, 1.165) is 0 Å². The molecule has 0 saturated carbocycles. The number of anilines is 1. The second-order valence-electron chi connectivity index (χ2n) is 5.61. The van der Waals surface area contributed by atoms with Gasteiger partial charge in [-0.05, 0) is 30.7 Å². The number of benzene rings is 1. The lowest BCUT2D eigenvalue weighted by Gasteiger charge is -2.42. The van der Waals surface area contributed by atoms with Crippen LogP contribution in [0.5, 0.6) is 0 Å². The number of nitrogens with two attached hydrogens (primary N) is 1. The quantitative estimate of drug-likeness (QED) is 0.387. The summed E-state index contributed by atoms with van der Waals surface area (Å²) in [6, 6.07) is 3.71. The van der Waals surface area contributed by atoms with Crippen LogP contribution >= 0.6 is 0 Å². The van der Waals surface area contributed by atoms with Gasteiger partial charge in [-0.2, -0.15) is 8.42 Å². The SMILES string of the molecule is NC(=O)c1ccc(NC(=O)NN2CCC3[C@H]2C(=O)N3S(=O)(=O)O)cc1. The molecule has 1 unspecified atom stereocenters. The molecule has 134 valence electrons. The van der Waals surface area contributed by atoms with Gasteiger partial charge in [0, 0.05) is 17.8 Å². The Labute approximate surface area is 142 Å². The molecule has 2 atom stereocenters. The summed E-state index contributed by atoms with van der Waals surface area (Å²) in [6.45, 7) is 0.251. The first-order valence-electron chi connectivity index (χ1n) is 7.23. The van der Waals surface area contributed by atoms with E-state index in [1.165, 1.54) is 29.3 Å². The second kappa shape index (κ2) is 5.98. The lowest BCUT2D eigenvalue weighted by atomic mass is 10.0. The normalized spacial score (nSPS) is 22.9. The van der Waals surface area contributed by atoms with Gasteiger partial charge in [-0.25, -0.2) is 14.1 Å². The Kier molecular flexibility index (Phi) is 4.10. The molecule has 0 radical (unpaired) electrons. The maximum atomic E-state index is 12.0. The highest BCUT2D eigenvalue weighted by Crippen LogP contribution is 2.34. The fourth-order valence-corrected chi connectivity index (χ4v) is 3.85. The number of hydrogen-bond donors (Lipinski definition) is 4. The molecule has 2 aliphatic heterocycles. The maximum Gasteiger partial charge on any atom is 0.362 e. The molecule has 0 bridgehead atoms. The van der Waals surface area contributed by atoms with E-state index in [-0.39, 0.29) is 6.54 Å². The molecule has 3 rings (SSSR count). The summed E-state index contributed by atoms with van der Waals surface area (Å²) < 4.78 is 31.7. The third-order valence-corrected chi connectivity index (χ3v) is 5.01. The number of rotatable bonds is 4. The largest absolute Gasteiger partial charge is 0.366 e. The van der Waals surface area contributed by atoms with Crippen molar-refractivity contribution >= 4 is 33.8 Å². The molecular formula is C13H15N5O6S. The Hall–Kier alpha value is -2.70. The highest BCUT2D eigenvalue weighted by Gasteiger charge is 2.59. The zero-order valence-electron chi connectivity index (χ0n) is 12.7. The van der Waals surface area contributed by atoms with Crippen molar-refractivity contribution in [1.29, 1.82) is 0 Å². The molecule has 11 nitrogen and oxygen atoms in total. The van der Waals surface area contributed by atoms with Crippen molar-refractivity contribution in [1.82, 2.24) is 14.7 Å². The van der Waals surface area contributed by atoms with Crippen molar-refractivity contribution in [3.8, 4) is 0 Å². The van der Waals surface area contributed by atoms with Crippen molar-refractivity contribution < 1.29 is 27.4 Å². The van der Waals surface area contributed by atoms with Crippen LogP contribution in [-0.2, 0) is 15.1 Å². The van der Waals surface area contributed by atoms with Gasteiger partial charge in [0.25, 0.3) is 5.91 Å². The smallest absolute Gasteiger partial charge is 0.362 e. The molecule has 2 fully saturated rings. The highest BCUT2D eigenvalue weighted by atomic mass is 32.2. The van der Waals surface area contributed by atoms with Crippen LogP contribution in [0.2, 0.25) is 0 Å². The van der Waals surface area contributed by atoms with Gasteiger partial charge in [0.1, 0.15) is 6.04 Å². The van der Waals surface area contributed by atoms with Crippen molar-refractivity contribution in [3.05, 3.63) is 29.8 Å². The number of nitrogens with zero attached hydrogens (tertiary/aromatic N) is 2. The highest BCUT2D eigenvalue weighted by molar-refractivity contribution is 7.84. The Bertz CT molecular complexity index is 839. The van der Waals surface area contributed by atoms with Gasteiger partial charge in [0.2, 0.25) is 5.91 Å². The van der Waals surface area contributed by atoms with E-state index < -0.39 is 40.2 Å². The molecule has 2 aliphatic rings. The number of hydrazine groups is 1. The first-order valence-corrected chi connectivity index (χ1v) is 8.63. The maximum absolute atomic E-state index is 12.0. The standard InChI is InChI=1S/C13H15N5O6S/c14-11(19)7-1-3-8(4-2-7)15-13(21)16-17-6-5-9-10(17)12(20)18(9)25(22,23)24/h1-4,9-10H,5-6H2,(H2,14,19)(H2,15,16,21)(H,22,23,24)/t9?,10-/m0/s1. The number of nitrogens with one attached hydrogen (secondary N) is 2. The third-order valence-electron chi connectivity index (χ3n) is 4.06. The Morgan fingerprint density at radius 2 is 1.88 bits per heavy atom. The number of hydrogen-bond acceptors (Lipinski definition) is 6. The van der Waals surface area contributed by atoms with Crippen LogP contribution in [-0.4, -0.2) is 58.8 Å². The van der Waals surface area contributed by atoms with Gasteiger partial charge < -0.3 is 11.1 Å². The van der Waals surface area contributed by atoms with Crippen LogP contribution in [0.4, 0.5) is 10.5 Å². The lowest BCUT2D eigenvalue weighted by Crippen LogP contribution is -2.69. The Morgan fingerprint density at radius 1 is 1.24 bits per heavy atom. The number of urea groups is 1. The molecular weight excluding hydrogens is 354 g/mol. The molecule has 1 aromatic rings. The minimum Gasteiger partial charge on any atom is -0.366 e. The number of β-lactam (4-membered cyclic amide) rings is 1. The van der Waals surface area contributed by atoms with E-state index in [9.17, 15) is 22.8 Å². The van der Waals surface area contributed by atoms with Gasteiger partial charge in [0.15, 0.2) is 0 Å². The molecule has 4 amide bonds. The summed E-state index contributed by atoms with van der Waals surface area (Å²) in [5.74, 6) is -1.39. The summed E-state index contributed by atoms with van der Waals surface area (Å²) in [6.07, 6.45) is 0.295. The number of primary amides is 1. The minimum atomic E-state index is -4.59.